The van der Waals surface area contributed by atoms with Gasteiger partial charge in [-0.05, 0) is 31.2 Å². The van der Waals surface area contributed by atoms with Crippen LogP contribution in [0.3, 0.4) is 0 Å². The van der Waals surface area contributed by atoms with Crippen LogP contribution in [0.5, 0.6) is 0 Å². The largest absolute Gasteiger partial charge is 0.452 e. The Balaban J connectivity index is 1.86. The second kappa shape index (κ2) is 8.97. The number of esters is 1. The Bertz CT molecular complexity index is 705. The summed E-state index contributed by atoms with van der Waals surface area (Å²) in [6.07, 6.45) is -0.957. The zero-order chi connectivity index (χ0) is 17.5. The monoisotopic (exact) mass is 383 g/mol. The molecule has 0 radical (unpaired) electrons. The lowest BCUT2D eigenvalue weighted by atomic mass is 10.3. The zero-order valence-electron chi connectivity index (χ0n) is 12.8. The van der Waals surface area contributed by atoms with Crippen LogP contribution in [-0.2, 0) is 14.3 Å². The summed E-state index contributed by atoms with van der Waals surface area (Å²) in [5.41, 5.74) is 0.299. The summed E-state index contributed by atoms with van der Waals surface area (Å²) in [6, 6.07) is 14.3. The highest BCUT2D eigenvalue weighted by molar-refractivity contribution is 8.00. The number of thioether (sulfide) groups is 1. The second-order valence-corrected chi connectivity index (χ2v) is 6.68. The number of nitrogens with one attached hydrogen (secondary N) is 1. The number of anilines is 1. The molecule has 0 heterocycles. The Morgan fingerprint density at radius 1 is 1.08 bits per heavy atom. The number of carbonyl (C=O) groups is 2. The molecule has 0 aromatic heterocycles. The summed E-state index contributed by atoms with van der Waals surface area (Å²) in [4.78, 5) is 24.9. The number of amides is 1. The van der Waals surface area contributed by atoms with Crippen LogP contribution in [0.15, 0.2) is 53.4 Å². The van der Waals surface area contributed by atoms with E-state index in [1.165, 1.54) is 18.7 Å². The fourth-order valence-electron chi connectivity index (χ4n) is 1.79. The highest BCUT2D eigenvalue weighted by atomic mass is 35.5. The number of carbonyl (C=O) groups excluding carboxylic acids is 2. The maximum absolute atomic E-state index is 12.1. The summed E-state index contributed by atoms with van der Waals surface area (Å²) in [6.45, 7) is 1.49. The summed E-state index contributed by atoms with van der Waals surface area (Å²) in [5, 5.41) is 3.20. The third kappa shape index (κ3) is 5.44. The molecule has 7 heteroatoms. The zero-order valence-corrected chi connectivity index (χ0v) is 15.1. The molecule has 0 bridgehead atoms. The molecule has 0 aliphatic heterocycles. The van der Waals surface area contributed by atoms with E-state index >= 15 is 0 Å². The van der Waals surface area contributed by atoms with Gasteiger partial charge in [0.15, 0.2) is 6.10 Å². The maximum Gasteiger partial charge on any atom is 0.317 e. The Morgan fingerprint density at radius 2 is 1.71 bits per heavy atom. The lowest BCUT2D eigenvalue weighted by molar-refractivity contribution is -0.150. The molecule has 0 aliphatic rings. The normalized spacial score (nSPS) is 11.6. The highest BCUT2D eigenvalue weighted by Crippen LogP contribution is 2.30. The Kier molecular flexibility index (Phi) is 6.97. The number of ether oxygens (including phenoxy) is 1. The average molecular weight is 384 g/mol. The van der Waals surface area contributed by atoms with Crippen LogP contribution in [-0.4, -0.2) is 23.7 Å². The van der Waals surface area contributed by atoms with Gasteiger partial charge in [-0.2, -0.15) is 0 Å². The van der Waals surface area contributed by atoms with E-state index in [0.29, 0.717) is 15.7 Å². The minimum Gasteiger partial charge on any atom is -0.452 e. The first-order valence-corrected chi connectivity index (χ1v) is 8.83. The third-order valence-electron chi connectivity index (χ3n) is 2.99. The first-order chi connectivity index (χ1) is 11.5. The molecule has 0 saturated heterocycles. The number of halogens is 2. The van der Waals surface area contributed by atoms with Crippen molar-refractivity contribution in [1.29, 1.82) is 0 Å². The fraction of sp³-hybridized carbons (Fsp3) is 0.176. The van der Waals surface area contributed by atoms with Crippen LogP contribution in [0.2, 0.25) is 10.0 Å². The lowest BCUT2D eigenvalue weighted by Crippen LogP contribution is -2.30. The van der Waals surface area contributed by atoms with E-state index in [1.807, 2.05) is 30.3 Å². The van der Waals surface area contributed by atoms with Gasteiger partial charge in [-0.25, -0.2) is 0 Å². The van der Waals surface area contributed by atoms with Crippen LogP contribution < -0.4 is 5.32 Å². The molecule has 2 aromatic rings. The molecule has 1 N–H and O–H groups in total. The van der Waals surface area contributed by atoms with Gasteiger partial charge in [-0.3, -0.25) is 9.59 Å². The van der Waals surface area contributed by atoms with Crippen LogP contribution in [0, 0.1) is 0 Å². The average Bonchev–Trinajstić information content (AvgIpc) is 2.57. The number of para-hydroxylation sites is 1. The number of rotatable bonds is 6. The second-order valence-electron chi connectivity index (χ2n) is 4.82. The van der Waals surface area contributed by atoms with Crippen molar-refractivity contribution in [2.75, 3.05) is 11.1 Å². The van der Waals surface area contributed by atoms with E-state index < -0.39 is 18.0 Å². The molecule has 126 valence electrons. The maximum atomic E-state index is 12.1. The first-order valence-electron chi connectivity index (χ1n) is 7.09. The van der Waals surface area contributed by atoms with Crippen molar-refractivity contribution in [3.05, 3.63) is 58.6 Å². The molecule has 0 fully saturated rings. The minimum atomic E-state index is -0.957. The summed E-state index contributed by atoms with van der Waals surface area (Å²) in [7, 11) is 0. The molecule has 2 aromatic carbocycles. The van der Waals surface area contributed by atoms with Gasteiger partial charge < -0.3 is 10.1 Å². The third-order valence-corrected chi connectivity index (χ3v) is 4.60. The molecular formula is C17H15Cl2NO3S. The van der Waals surface area contributed by atoms with Gasteiger partial charge in [0.05, 0.1) is 21.5 Å². The Morgan fingerprint density at radius 3 is 2.33 bits per heavy atom. The van der Waals surface area contributed by atoms with E-state index in [0.717, 1.165) is 4.90 Å². The van der Waals surface area contributed by atoms with Crippen molar-refractivity contribution in [3.63, 3.8) is 0 Å². The molecule has 24 heavy (non-hydrogen) atoms. The number of hydrogen-bond acceptors (Lipinski definition) is 4. The Labute approximate surface area is 154 Å². The topological polar surface area (TPSA) is 55.4 Å². The van der Waals surface area contributed by atoms with Gasteiger partial charge in [0.1, 0.15) is 0 Å². The van der Waals surface area contributed by atoms with Gasteiger partial charge in [0, 0.05) is 4.90 Å². The van der Waals surface area contributed by atoms with E-state index in [-0.39, 0.29) is 5.75 Å². The van der Waals surface area contributed by atoms with Gasteiger partial charge in [-0.1, -0.05) is 47.5 Å². The predicted octanol–water partition coefficient (Wildman–Crippen LogP) is 4.66. The van der Waals surface area contributed by atoms with Crippen LogP contribution >= 0.6 is 35.0 Å². The molecular weight excluding hydrogens is 369 g/mol. The molecule has 2 rings (SSSR count). The molecule has 0 aliphatic carbocycles. The van der Waals surface area contributed by atoms with Gasteiger partial charge in [0.25, 0.3) is 5.91 Å². The lowest BCUT2D eigenvalue weighted by Gasteiger charge is -2.15. The number of hydrogen-bond donors (Lipinski definition) is 1. The van der Waals surface area contributed by atoms with Crippen molar-refractivity contribution in [3.8, 4) is 0 Å². The standard InChI is InChI=1S/C17H15Cl2NO3S/c1-11(17(22)20-16-13(18)8-5-9-14(16)19)23-15(21)10-24-12-6-3-2-4-7-12/h2-9,11H,10H2,1H3,(H,20,22)/t11-/m0/s1. The van der Waals surface area contributed by atoms with Crippen molar-refractivity contribution in [2.45, 2.75) is 17.9 Å². The molecule has 1 amide bonds. The van der Waals surface area contributed by atoms with Crippen LogP contribution in [0.25, 0.3) is 0 Å². The first kappa shape index (κ1) is 18.6. The summed E-state index contributed by atoms with van der Waals surface area (Å²) in [5.74, 6) is -0.853. The van der Waals surface area contributed by atoms with E-state index in [9.17, 15) is 9.59 Å². The van der Waals surface area contributed by atoms with Crippen LogP contribution in [0.1, 0.15) is 6.92 Å². The van der Waals surface area contributed by atoms with E-state index in [1.54, 1.807) is 18.2 Å². The molecule has 0 saturated carbocycles. The molecule has 4 nitrogen and oxygen atoms in total. The highest BCUT2D eigenvalue weighted by Gasteiger charge is 2.20. The molecule has 0 spiro atoms. The molecule has 0 unspecified atom stereocenters. The SMILES string of the molecule is C[C@H](OC(=O)CSc1ccccc1)C(=O)Nc1c(Cl)cccc1Cl. The summed E-state index contributed by atoms with van der Waals surface area (Å²) >= 11 is 13.3. The predicted molar refractivity (Wildman–Crippen MR) is 97.8 cm³/mol. The van der Waals surface area contributed by atoms with Crippen molar-refractivity contribution in [2.24, 2.45) is 0 Å². The number of benzene rings is 2. The van der Waals surface area contributed by atoms with E-state index in [2.05, 4.69) is 5.32 Å². The van der Waals surface area contributed by atoms with Crippen LogP contribution in [0.4, 0.5) is 5.69 Å². The van der Waals surface area contributed by atoms with Crippen molar-refractivity contribution >= 4 is 52.5 Å². The van der Waals surface area contributed by atoms with Gasteiger partial charge >= 0.3 is 5.97 Å². The fourth-order valence-corrected chi connectivity index (χ4v) is 2.98. The quantitative estimate of drug-likeness (QED) is 0.582. The Hall–Kier alpha value is -1.69. The minimum absolute atomic E-state index is 0.120. The van der Waals surface area contributed by atoms with Crippen molar-refractivity contribution < 1.29 is 14.3 Å². The summed E-state index contributed by atoms with van der Waals surface area (Å²) < 4.78 is 5.13. The van der Waals surface area contributed by atoms with Gasteiger partial charge in [-0.15, -0.1) is 11.8 Å². The molecule has 1 atom stereocenters. The smallest absolute Gasteiger partial charge is 0.317 e. The van der Waals surface area contributed by atoms with Gasteiger partial charge in [0.2, 0.25) is 0 Å². The van der Waals surface area contributed by atoms with E-state index in [4.69, 9.17) is 27.9 Å². The van der Waals surface area contributed by atoms with Crippen molar-refractivity contribution in [1.82, 2.24) is 0 Å².